The van der Waals surface area contributed by atoms with Crippen LogP contribution in [0.5, 0.6) is 17.2 Å². The van der Waals surface area contributed by atoms with Gasteiger partial charge in [0.25, 0.3) is 5.95 Å². The molecular formula is C28H22F7N3O6. The van der Waals surface area contributed by atoms with Gasteiger partial charge in [0, 0.05) is 23.3 Å². The zero-order valence-electron chi connectivity index (χ0n) is 22.7. The summed E-state index contributed by atoms with van der Waals surface area (Å²) in [5.74, 6) is -4.72. The van der Waals surface area contributed by atoms with Gasteiger partial charge >= 0.3 is 18.4 Å². The van der Waals surface area contributed by atoms with E-state index in [9.17, 15) is 40.6 Å². The van der Waals surface area contributed by atoms with E-state index in [-0.39, 0.29) is 48.2 Å². The molecule has 0 spiro atoms. The Morgan fingerprint density at radius 3 is 2.48 bits per heavy atom. The summed E-state index contributed by atoms with van der Waals surface area (Å²) in [4.78, 5) is 15.1. The summed E-state index contributed by atoms with van der Waals surface area (Å²) in [7, 11) is 0. The van der Waals surface area contributed by atoms with Crippen LogP contribution in [0.25, 0.3) is 5.69 Å². The number of fused-ring (bicyclic) bond motifs is 2. The van der Waals surface area contributed by atoms with Gasteiger partial charge in [0.15, 0.2) is 22.9 Å². The van der Waals surface area contributed by atoms with Crippen LogP contribution in [0, 0.1) is 17.2 Å². The van der Waals surface area contributed by atoms with Crippen LogP contribution in [-0.2, 0) is 22.1 Å². The number of halogens is 7. The lowest BCUT2D eigenvalue weighted by Crippen LogP contribution is -2.71. The lowest BCUT2D eigenvalue weighted by Gasteiger charge is -2.67. The SMILES string of the molecule is C[C@H](Oc1cc(-n2nc(C(F)(F)F)c3c2[C@H](OC24CC(C(=O)O)(C2)C4)CCC3)cnc1F)c1cc2c(cc1F)OC(F)(F)O2. The lowest BCUT2D eigenvalue weighted by molar-refractivity contribution is -0.300. The molecule has 0 amide bonds. The van der Waals surface area contributed by atoms with Crippen molar-refractivity contribution in [3.8, 4) is 22.9 Å². The molecule has 3 fully saturated rings. The highest BCUT2D eigenvalue weighted by Crippen LogP contribution is 2.70. The molecule has 3 saturated carbocycles. The first kappa shape index (κ1) is 28.7. The molecule has 4 aliphatic carbocycles. The minimum absolute atomic E-state index is 0.0492. The van der Waals surface area contributed by atoms with E-state index in [2.05, 4.69) is 19.6 Å². The van der Waals surface area contributed by atoms with Crippen LogP contribution in [0.15, 0.2) is 24.4 Å². The fourth-order valence-corrected chi connectivity index (χ4v) is 6.70. The first-order valence-corrected chi connectivity index (χ1v) is 13.6. The largest absolute Gasteiger partial charge is 0.586 e. The number of hydrogen-bond donors (Lipinski definition) is 1. The Hall–Kier alpha value is -4.08. The topological polar surface area (TPSA) is 105 Å². The Kier molecular flexibility index (Phi) is 6.01. The Morgan fingerprint density at radius 1 is 1.14 bits per heavy atom. The number of rotatable bonds is 7. The van der Waals surface area contributed by atoms with Crippen molar-refractivity contribution in [3.63, 3.8) is 0 Å². The zero-order valence-corrected chi connectivity index (χ0v) is 22.7. The highest BCUT2D eigenvalue weighted by molar-refractivity contribution is 5.79. The molecule has 8 rings (SSSR count). The van der Waals surface area contributed by atoms with Crippen LogP contribution < -0.4 is 14.2 Å². The fourth-order valence-electron chi connectivity index (χ4n) is 6.70. The number of ether oxygens (including phenoxy) is 4. The van der Waals surface area contributed by atoms with Gasteiger partial charge in [-0.2, -0.15) is 22.7 Å². The van der Waals surface area contributed by atoms with E-state index < -0.39 is 76.4 Å². The van der Waals surface area contributed by atoms with Gasteiger partial charge in [-0.25, -0.2) is 14.1 Å². The number of benzene rings is 1. The zero-order chi connectivity index (χ0) is 31.4. The maximum Gasteiger partial charge on any atom is 0.586 e. The molecule has 3 aromatic rings. The van der Waals surface area contributed by atoms with Gasteiger partial charge in [-0.15, -0.1) is 8.78 Å². The average Bonchev–Trinajstić information content (AvgIpc) is 3.42. The standard InChI is InChI=1S/C28H22F7N3O6/c1-12(15-6-18-19(7-16(15)29)44-28(34,35)43-18)41-20-5-13(8-36-23(20)30)38-21-14(22(37-38)27(31,32)33)3-2-4-17(21)42-26-9-25(10-26,11-26)24(39)40/h5-8,12,17H,2-4,9-11H2,1H3,(H,39,40)/t12-,17+,25?,26?/m0/s1. The third-order valence-electron chi connectivity index (χ3n) is 8.62. The summed E-state index contributed by atoms with van der Waals surface area (Å²) in [6.07, 6.45) is -8.51. The number of carbonyl (C=O) groups is 1. The molecule has 2 bridgehead atoms. The third kappa shape index (κ3) is 4.44. The molecule has 1 N–H and O–H groups in total. The summed E-state index contributed by atoms with van der Waals surface area (Å²) in [6.45, 7) is 1.29. The number of carboxylic acids is 1. The summed E-state index contributed by atoms with van der Waals surface area (Å²) < 4.78 is 120. The number of alkyl halides is 5. The van der Waals surface area contributed by atoms with E-state index in [0.717, 1.165) is 23.0 Å². The van der Waals surface area contributed by atoms with Gasteiger partial charge in [-0.1, -0.05) is 0 Å². The van der Waals surface area contributed by atoms with Crippen molar-refractivity contribution in [3.05, 3.63) is 58.7 Å². The summed E-state index contributed by atoms with van der Waals surface area (Å²) in [5, 5.41) is 13.3. The lowest BCUT2D eigenvalue weighted by atomic mass is 9.41. The van der Waals surface area contributed by atoms with E-state index >= 15 is 0 Å². The molecule has 9 nitrogen and oxygen atoms in total. The molecular weight excluding hydrogens is 607 g/mol. The fraction of sp³-hybridized carbons (Fsp3) is 0.464. The number of aliphatic carboxylic acids is 1. The maximum absolute atomic E-state index is 14.8. The van der Waals surface area contributed by atoms with Gasteiger partial charge < -0.3 is 24.1 Å². The maximum atomic E-state index is 14.8. The minimum atomic E-state index is -4.82. The van der Waals surface area contributed by atoms with Crippen LogP contribution in [0.4, 0.5) is 30.7 Å². The van der Waals surface area contributed by atoms with Crippen LogP contribution in [-0.4, -0.2) is 37.7 Å². The normalized spacial score (nSPS) is 26.8. The Balaban J connectivity index is 1.21. The second-order valence-electron chi connectivity index (χ2n) is 11.7. The third-order valence-corrected chi connectivity index (χ3v) is 8.62. The molecule has 1 aliphatic heterocycles. The highest BCUT2D eigenvalue weighted by atomic mass is 19.4. The molecule has 3 heterocycles. The van der Waals surface area contributed by atoms with Crippen molar-refractivity contribution in [2.75, 3.05) is 0 Å². The molecule has 16 heteroatoms. The average molecular weight is 629 g/mol. The number of carboxylic acid groups (broad SMARTS) is 1. The van der Waals surface area contributed by atoms with E-state index in [1.807, 2.05) is 0 Å². The number of pyridine rings is 1. The van der Waals surface area contributed by atoms with Crippen LogP contribution in [0.3, 0.4) is 0 Å². The van der Waals surface area contributed by atoms with E-state index in [4.69, 9.17) is 9.47 Å². The molecule has 234 valence electrons. The Morgan fingerprint density at radius 2 is 1.82 bits per heavy atom. The van der Waals surface area contributed by atoms with E-state index in [1.54, 1.807) is 0 Å². The second kappa shape index (κ2) is 9.22. The predicted octanol–water partition coefficient (Wildman–Crippen LogP) is 6.43. The van der Waals surface area contributed by atoms with E-state index in [0.29, 0.717) is 18.9 Å². The molecule has 44 heavy (non-hydrogen) atoms. The molecule has 5 aliphatic rings. The first-order chi connectivity index (χ1) is 20.6. The van der Waals surface area contributed by atoms with Gasteiger partial charge in [0.2, 0.25) is 0 Å². The van der Waals surface area contributed by atoms with Gasteiger partial charge in [-0.05, 0) is 51.5 Å². The second-order valence-corrected chi connectivity index (χ2v) is 11.7. The summed E-state index contributed by atoms with van der Waals surface area (Å²) >= 11 is 0. The monoisotopic (exact) mass is 629 g/mol. The van der Waals surface area contributed by atoms with Crippen molar-refractivity contribution in [2.45, 2.75) is 75.7 Å². The highest BCUT2D eigenvalue weighted by Gasteiger charge is 2.73. The summed E-state index contributed by atoms with van der Waals surface area (Å²) in [6, 6.07) is 2.61. The number of hydrogen-bond acceptors (Lipinski definition) is 7. The van der Waals surface area contributed by atoms with Crippen molar-refractivity contribution in [1.29, 1.82) is 0 Å². The van der Waals surface area contributed by atoms with Gasteiger partial charge in [0.05, 0.1) is 28.6 Å². The van der Waals surface area contributed by atoms with Gasteiger partial charge in [0.1, 0.15) is 18.0 Å². The Labute approximate surface area is 243 Å². The molecule has 2 atom stereocenters. The van der Waals surface area contributed by atoms with Crippen LogP contribution >= 0.6 is 0 Å². The number of aromatic nitrogens is 3. The first-order valence-electron chi connectivity index (χ1n) is 13.6. The molecule has 0 unspecified atom stereocenters. The molecule has 0 radical (unpaired) electrons. The quantitative estimate of drug-likeness (QED) is 0.236. The minimum Gasteiger partial charge on any atom is -0.481 e. The van der Waals surface area contributed by atoms with E-state index in [1.165, 1.54) is 6.92 Å². The summed E-state index contributed by atoms with van der Waals surface area (Å²) in [5.41, 5.74) is -3.16. The number of nitrogens with zero attached hydrogens (tertiary/aromatic N) is 3. The van der Waals surface area contributed by atoms with Crippen LogP contribution in [0.1, 0.15) is 73.8 Å². The van der Waals surface area contributed by atoms with Gasteiger partial charge in [-0.3, -0.25) is 4.79 Å². The van der Waals surface area contributed by atoms with Crippen molar-refractivity contribution in [1.82, 2.24) is 14.8 Å². The molecule has 2 aromatic heterocycles. The molecule has 0 saturated heterocycles. The van der Waals surface area contributed by atoms with Crippen LogP contribution in [0.2, 0.25) is 0 Å². The van der Waals surface area contributed by atoms with Crippen molar-refractivity contribution >= 4 is 5.97 Å². The predicted molar refractivity (Wildman–Crippen MR) is 131 cm³/mol. The van der Waals surface area contributed by atoms with Crippen molar-refractivity contribution < 1.29 is 59.6 Å². The smallest absolute Gasteiger partial charge is 0.481 e. The Bertz CT molecular complexity index is 1690. The van der Waals surface area contributed by atoms with Crippen molar-refractivity contribution in [2.24, 2.45) is 5.41 Å². The molecule has 1 aromatic carbocycles.